The van der Waals surface area contributed by atoms with Crippen LogP contribution in [0.1, 0.15) is 16.7 Å². The number of benzene rings is 3. The summed E-state index contributed by atoms with van der Waals surface area (Å²) >= 11 is 0. The van der Waals surface area contributed by atoms with Crippen molar-refractivity contribution in [2.45, 2.75) is 24.0 Å². The fourth-order valence-electron chi connectivity index (χ4n) is 3.80. The summed E-state index contributed by atoms with van der Waals surface area (Å²) in [7, 11) is -1.29. The summed E-state index contributed by atoms with van der Waals surface area (Å²) in [4.78, 5) is -0.439. The smallest absolute Gasteiger partial charge is 0.416 e. The van der Waals surface area contributed by atoms with Gasteiger partial charge in [-0.2, -0.15) is 17.5 Å². The van der Waals surface area contributed by atoms with Crippen LogP contribution in [0.25, 0.3) is 0 Å². The summed E-state index contributed by atoms with van der Waals surface area (Å²) in [6.45, 7) is -0.0185. The number of rotatable bonds is 9. The van der Waals surface area contributed by atoms with Gasteiger partial charge in [0.05, 0.1) is 24.7 Å². The van der Waals surface area contributed by atoms with Crippen molar-refractivity contribution in [1.29, 1.82) is 0 Å². The Kier molecular flexibility index (Phi) is 7.32. The van der Waals surface area contributed by atoms with Crippen LogP contribution in [0.3, 0.4) is 0 Å². The van der Waals surface area contributed by atoms with Gasteiger partial charge in [-0.3, -0.25) is 0 Å². The van der Waals surface area contributed by atoms with Crippen LogP contribution < -0.4 is 18.9 Å². The van der Waals surface area contributed by atoms with E-state index >= 15 is 0 Å². The highest BCUT2D eigenvalue weighted by Gasteiger charge is 2.33. The normalized spacial score (nSPS) is 13.2. The van der Waals surface area contributed by atoms with Crippen molar-refractivity contribution in [1.82, 2.24) is 4.31 Å². The zero-order chi connectivity index (χ0) is 25.9. The van der Waals surface area contributed by atoms with Crippen LogP contribution in [0, 0.1) is 0 Å². The molecule has 3 aromatic rings. The SMILES string of the molecule is COc1ccc(CCN(Cc2ccc3c(c2)OCO3)S(=O)(=O)c2cccc(C(F)(F)F)c2)cc1OC. The van der Waals surface area contributed by atoms with Crippen LogP contribution >= 0.6 is 0 Å². The molecule has 1 heterocycles. The molecule has 0 atom stereocenters. The van der Waals surface area contributed by atoms with E-state index in [9.17, 15) is 21.6 Å². The van der Waals surface area contributed by atoms with Gasteiger partial charge in [0.2, 0.25) is 16.8 Å². The lowest BCUT2D eigenvalue weighted by Gasteiger charge is -2.23. The van der Waals surface area contributed by atoms with Crippen LogP contribution in [0.15, 0.2) is 65.6 Å². The van der Waals surface area contributed by atoms with Crippen LogP contribution in [0.2, 0.25) is 0 Å². The monoisotopic (exact) mass is 523 g/mol. The first-order valence-corrected chi connectivity index (χ1v) is 12.3. The van der Waals surface area contributed by atoms with Gasteiger partial charge in [0.15, 0.2) is 23.0 Å². The molecule has 0 amide bonds. The van der Waals surface area contributed by atoms with E-state index in [1.54, 1.807) is 36.4 Å². The third-order valence-corrected chi connectivity index (χ3v) is 7.53. The maximum atomic E-state index is 13.6. The Hall–Kier alpha value is -3.44. The molecule has 11 heteroatoms. The van der Waals surface area contributed by atoms with Crippen LogP contribution in [-0.4, -0.2) is 40.3 Å². The number of hydrogen-bond donors (Lipinski definition) is 0. The van der Waals surface area contributed by atoms with E-state index in [1.165, 1.54) is 14.2 Å². The van der Waals surface area contributed by atoms with Crippen molar-refractivity contribution in [3.63, 3.8) is 0 Å². The predicted octanol–water partition coefficient (Wildman–Crippen LogP) is 4.88. The minimum absolute atomic E-state index is 0.00248. The van der Waals surface area contributed by atoms with Gasteiger partial charge in [0, 0.05) is 13.1 Å². The first-order valence-electron chi connectivity index (χ1n) is 10.9. The summed E-state index contributed by atoms with van der Waals surface area (Å²) in [5, 5.41) is 0. The number of nitrogens with zero attached hydrogens (tertiary/aromatic N) is 1. The second-order valence-electron chi connectivity index (χ2n) is 7.99. The van der Waals surface area contributed by atoms with E-state index < -0.39 is 26.7 Å². The number of sulfonamides is 1. The van der Waals surface area contributed by atoms with Gasteiger partial charge in [0.1, 0.15) is 0 Å². The molecule has 0 saturated heterocycles. The van der Waals surface area contributed by atoms with E-state index in [4.69, 9.17) is 18.9 Å². The third-order valence-electron chi connectivity index (χ3n) is 5.69. The average molecular weight is 524 g/mol. The maximum Gasteiger partial charge on any atom is 0.416 e. The van der Waals surface area contributed by atoms with Crippen LogP contribution in [0.4, 0.5) is 13.2 Å². The van der Waals surface area contributed by atoms with Crippen molar-refractivity contribution in [3.05, 3.63) is 77.4 Å². The fourth-order valence-corrected chi connectivity index (χ4v) is 5.27. The molecule has 0 N–H and O–H groups in total. The van der Waals surface area contributed by atoms with Crippen LogP contribution in [0.5, 0.6) is 23.0 Å². The zero-order valence-electron chi connectivity index (χ0n) is 19.5. The van der Waals surface area contributed by atoms with Crippen molar-refractivity contribution in [3.8, 4) is 23.0 Å². The molecule has 0 saturated carbocycles. The lowest BCUT2D eigenvalue weighted by molar-refractivity contribution is -0.137. The minimum Gasteiger partial charge on any atom is -0.493 e. The van der Waals surface area contributed by atoms with Gasteiger partial charge >= 0.3 is 6.18 Å². The van der Waals surface area contributed by atoms with Crippen molar-refractivity contribution in [2.75, 3.05) is 27.6 Å². The van der Waals surface area contributed by atoms with Gasteiger partial charge in [-0.1, -0.05) is 18.2 Å². The largest absolute Gasteiger partial charge is 0.493 e. The van der Waals surface area contributed by atoms with E-state index in [2.05, 4.69) is 0 Å². The zero-order valence-corrected chi connectivity index (χ0v) is 20.4. The topological polar surface area (TPSA) is 74.3 Å². The number of hydrogen-bond acceptors (Lipinski definition) is 6. The molecule has 0 bridgehead atoms. The molecule has 0 spiro atoms. The molecule has 192 valence electrons. The molecule has 7 nitrogen and oxygen atoms in total. The molecule has 0 aromatic heterocycles. The summed E-state index contributed by atoms with van der Waals surface area (Å²) in [6.07, 6.45) is -4.39. The van der Waals surface area contributed by atoms with Gasteiger partial charge in [-0.25, -0.2) is 8.42 Å². The second-order valence-corrected chi connectivity index (χ2v) is 9.93. The number of fused-ring (bicyclic) bond motifs is 1. The molecule has 1 aliphatic heterocycles. The number of ether oxygens (including phenoxy) is 4. The molecule has 0 unspecified atom stereocenters. The van der Waals surface area contributed by atoms with Gasteiger partial charge in [0.25, 0.3) is 0 Å². The molecule has 3 aromatic carbocycles. The maximum absolute atomic E-state index is 13.6. The molecule has 4 rings (SSSR count). The molecule has 36 heavy (non-hydrogen) atoms. The third kappa shape index (κ3) is 5.52. The first-order chi connectivity index (χ1) is 17.1. The summed E-state index contributed by atoms with van der Waals surface area (Å²) in [5.41, 5.74) is 0.330. The highest BCUT2D eigenvalue weighted by molar-refractivity contribution is 7.89. The van der Waals surface area contributed by atoms with E-state index in [-0.39, 0.29) is 26.3 Å². The van der Waals surface area contributed by atoms with Gasteiger partial charge < -0.3 is 18.9 Å². The van der Waals surface area contributed by atoms with Crippen LogP contribution in [-0.2, 0) is 29.2 Å². The van der Waals surface area contributed by atoms with Crippen molar-refractivity contribution >= 4 is 10.0 Å². The van der Waals surface area contributed by atoms with Gasteiger partial charge in [-0.05, 0) is 60.0 Å². The van der Waals surface area contributed by atoms with E-state index in [1.807, 2.05) is 0 Å². The average Bonchev–Trinajstić information content (AvgIpc) is 3.33. The fraction of sp³-hybridized carbons (Fsp3) is 0.280. The Bertz CT molecular complexity index is 1340. The molecule has 0 radical (unpaired) electrons. The number of alkyl halides is 3. The molecule has 0 fully saturated rings. The Morgan fingerprint density at radius 2 is 1.61 bits per heavy atom. The predicted molar refractivity (Wildman–Crippen MR) is 125 cm³/mol. The standard InChI is InChI=1S/C25H24F3NO6S/c1-32-21-8-6-17(12-23(21)33-2)10-11-29(15-18-7-9-22-24(13-18)35-16-34-22)36(30,31)20-5-3-4-19(14-20)25(26,27)28/h3-9,12-14H,10-11,15-16H2,1-2H3. The molecule has 0 aliphatic carbocycles. The second kappa shape index (κ2) is 10.3. The Balaban J connectivity index is 1.66. The van der Waals surface area contributed by atoms with Crippen molar-refractivity contribution < 1.29 is 40.5 Å². The van der Waals surface area contributed by atoms with Crippen molar-refractivity contribution in [2.24, 2.45) is 0 Å². The Morgan fingerprint density at radius 3 is 2.33 bits per heavy atom. The molecular formula is C25H24F3NO6S. The lowest BCUT2D eigenvalue weighted by Crippen LogP contribution is -2.32. The van der Waals surface area contributed by atoms with Gasteiger partial charge in [-0.15, -0.1) is 0 Å². The summed E-state index contributed by atoms with van der Waals surface area (Å²) in [5.74, 6) is 2.02. The van der Waals surface area contributed by atoms with E-state index in [0.29, 0.717) is 34.6 Å². The first kappa shape index (κ1) is 25.6. The number of halogens is 3. The number of methoxy groups -OCH3 is 2. The minimum atomic E-state index is -4.67. The highest BCUT2D eigenvalue weighted by Crippen LogP contribution is 2.35. The Labute approximate surface area is 207 Å². The lowest BCUT2D eigenvalue weighted by atomic mass is 10.1. The molecular weight excluding hydrogens is 499 g/mol. The molecule has 1 aliphatic rings. The highest BCUT2D eigenvalue weighted by atomic mass is 32.2. The summed E-state index contributed by atoms with van der Waals surface area (Å²) in [6, 6.07) is 14.0. The Morgan fingerprint density at radius 1 is 0.889 bits per heavy atom. The van der Waals surface area contributed by atoms with E-state index in [0.717, 1.165) is 28.1 Å². The summed E-state index contributed by atoms with van der Waals surface area (Å²) < 4.78 is 89.3. The quantitative estimate of drug-likeness (QED) is 0.398.